The number of benzene rings is 2. The fourth-order valence-electron chi connectivity index (χ4n) is 2.24. The van der Waals surface area contributed by atoms with Gasteiger partial charge in [-0.25, -0.2) is 4.98 Å². The van der Waals surface area contributed by atoms with Crippen LogP contribution in [-0.2, 0) is 0 Å². The highest BCUT2D eigenvalue weighted by atomic mass is 35.5. The maximum absolute atomic E-state index is 12.4. The fraction of sp³-hybridized carbons (Fsp3) is 0.0588. The van der Waals surface area contributed by atoms with Crippen molar-refractivity contribution < 1.29 is 14.5 Å². The Morgan fingerprint density at radius 1 is 1.27 bits per heavy atom. The van der Waals surface area contributed by atoms with Crippen molar-refractivity contribution in [2.75, 3.05) is 12.4 Å². The largest absolute Gasteiger partial charge is 0.497 e. The molecule has 0 aliphatic rings. The summed E-state index contributed by atoms with van der Waals surface area (Å²) in [7, 11) is 1.58. The summed E-state index contributed by atoms with van der Waals surface area (Å²) in [5.41, 5.74) is 1.10. The molecule has 0 saturated heterocycles. The molecule has 0 spiro atoms. The second-order valence-electron chi connectivity index (χ2n) is 5.14. The van der Waals surface area contributed by atoms with Crippen LogP contribution >= 0.6 is 22.9 Å². The van der Waals surface area contributed by atoms with Crippen molar-refractivity contribution >= 4 is 39.7 Å². The highest BCUT2D eigenvalue weighted by Crippen LogP contribution is 2.28. The first-order chi connectivity index (χ1) is 12.5. The number of nitro groups is 1. The molecule has 0 unspecified atom stereocenters. The van der Waals surface area contributed by atoms with Gasteiger partial charge >= 0.3 is 0 Å². The average Bonchev–Trinajstić information content (AvgIpc) is 3.10. The van der Waals surface area contributed by atoms with Crippen LogP contribution in [0.2, 0.25) is 5.02 Å². The lowest BCUT2D eigenvalue weighted by molar-refractivity contribution is -0.385. The van der Waals surface area contributed by atoms with E-state index in [2.05, 4.69) is 10.3 Å². The number of amides is 1. The first kappa shape index (κ1) is 17.8. The lowest BCUT2D eigenvalue weighted by atomic mass is 10.1. The third kappa shape index (κ3) is 3.81. The van der Waals surface area contributed by atoms with Crippen LogP contribution in [0.25, 0.3) is 11.3 Å². The predicted molar refractivity (Wildman–Crippen MR) is 100 cm³/mol. The molecule has 26 heavy (non-hydrogen) atoms. The average molecular weight is 390 g/mol. The van der Waals surface area contributed by atoms with Gasteiger partial charge in [-0.2, -0.15) is 0 Å². The number of rotatable bonds is 5. The van der Waals surface area contributed by atoms with Crippen molar-refractivity contribution in [3.05, 3.63) is 68.5 Å². The van der Waals surface area contributed by atoms with Crippen LogP contribution in [0.3, 0.4) is 0 Å². The molecule has 0 aliphatic carbocycles. The number of nitro benzene ring substituents is 1. The lowest BCUT2D eigenvalue weighted by Gasteiger charge is -2.03. The molecule has 0 fully saturated rings. The number of carbonyl (C=O) groups excluding carboxylic acids is 1. The van der Waals surface area contributed by atoms with Crippen LogP contribution < -0.4 is 10.1 Å². The van der Waals surface area contributed by atoms with E-state index in [9.17, 15) is 14.9 Å². The maximum Gasteiger partial charge on any atom is 0.283 e. The zero-order valence-corrected chi connectivity index (χ0v) is 15.0. The Morgan fingerprint density at radius 2 is 2.00 bits per heavy atom. The lowest BCUT2D eigenvalue weighted by Crippen LogP contribution is -2.13. The number of anilines is 1. The molecule has 0 saturated carbocycles. The quantitative estimate of drug-likeness (QED) is 0.507. The van der Waals surface area contributed by atoms with Gasteiger partial charge in [-0.3, -0.25) is 20.2 Å². The summed E-state index contributed by atoms with van der Waals surface area (Å²) in [6, 6.07) is 11.2. The van der Waals surface area contributed by atoms with E-state index in [1.54, 1.807) is 12.5 Å². The van der Waals surface area contributed by atoms with Gasteiger partial charge in [-0.15, -0.1) is 11.3 Å². The molecule has 1 aromatic heterocycles. The van der Waals surface area contributed by atoms with E-state index < -0.39 is 10.8 Å². The highest BCUT2D eigenvalue weighted by Gasteiger charge is 2.21. The Bertz CT molecular complexity index is 972. The van der Waals surface area contributed by atoms with Crippen LogP contribution in [0.4, 0.5) is 10.8 Å². The Kier molecular flexibility index (Phi) is 5.15. The summed E-state index contributed by atoms with van der Waals surface area (Å²) in [4.78, 5) is 27.2. The van der Waals surface area contributed by atoms with Gasteiger partial charge < -0.3 is 4.74 Å². The van der Waals surface area contributed by atoms with Crippen molar-refractivity contribution in [1.29, 1.82) is 0 Å². The minimum atomic E-state index is -0.647. The Hall–Kier alpha value is -2.97. The molecule has 2 aromatic carbocycles. The van der Waals surface area contributed by atoms with Crippen LogP contribution in [0.15, 0.2) is 47.8 Å². The molecule has 0 bridgehead atoms. The van der Waals surface area contributed by atoms with E-state index in [-0.39, 0.29) is 16.3 Å². The molecule has 9 heteroatoms. The second kappa shape index (κ2) is 7.51. The first-order valence-electron chi connectivity index (χ1n) is 7.33. The van der Waals surface area contributed by atoms with Gasteiger partial charge in [0.25, 0.3) is 11.6 Å². The number of carbonyl (C=O) groups is 1. The number of halogens is 1. The molecule has 3 rings (SSSR count). The summed E-state index contributed by atoms with van der Waals surface area (Å²) >= 11 is 6.99. The summed E-state index contributed by atoms with van der Waals surface area (Å²) in [5.74, 6) is 0.108. The summed E-state index contributed by atoms with van der Waals surface area (Å²) in [5, 5.41) is 16.0. The third-order valence-corrected chi connectivity index (χ3v) is 4.50. The number of hydrogen-bond donors (Lipinski definition) is 1. The SMILES string of the molecule is COc1ccc(-c2csc(NC(=O)c3ccc(Cl)cc3[N+](=O)[O-])n2)cc1. The van der Waals surface area contributed by atoms with Gasteiger partial charge in [-0.05, 0) is 36.4 Å². The number of ether oxygens (including phenoxy) is 1. The van der Waals surface area contributed by atoms with Gasteiger partial charge in [0.05, 0.1) is 17.7 Å². The van der Waals surface area contributed by atoms with E-state index in [1.807, 2.05) is 24.3 Å². The Morgan fingerprint density at radius 3 is 2.65 bits per heavy atom. The molecule has 1 N–H and O–H groups in total. The Balaban J connectivity index is 1.81. The smallest absolute Gasteiger partial charge is 0.283 e. The normalized spacial score (nSPS) is 10.4. The number of hydrogen-bond acceptors (Lipinski definition) is 6. The van der Waals surface area contributed by atoms with Gasteiger partial charge in [0.2, 0.25) is 0 Å². The van der Waals surface area contributed by atoms with Gasteiger partial charge in [-0.1, -0.05) is 11.6 Å². The minimum absolute atomic E-state index is 0.0828. The highest BCUT2D eigenvalue weighted by molar-refractivity contribution is 7.14. The van der Waals surface area contributed by atoms with Crippen molar-refractivity contribution in [2.24, 2.45) is 0 Å². The zero-order chi connectivity index (χ0) is 18.7. The van der Waals surface area contributed by atoms with E-state index in [4.69, 9.17) is 16.3 Å². The molecular formula is C17H12ClN3O4S. The standard InChI is InChI=1S/C17H12ClN3O4S/c1-25-12-5-2-10(3-6-12)14-9-26-17(19-14)20-16(22)13-7-4-11(18)8-15(13)21(23)24/h2-9H,1H3,(H,19,20,22). The van der Waals surface area contributed by atoms with E-state index >= 15 is 0 Å². The Labute approximate surface area is 157 Å². The molecule has 0 aliphatic heterocycles. The number of thiazole rings is 1. The van der Waals surface area contributed by atoms with E-state index in [0.29, 0.717) is 10.8 Å². The molecule has 7 nitrogen and oxygen atoms in total. The summed E-state index contributed by atoms with van der Waals surface area (Å²) in [6.45, 7) is 0. The molecular weight excluding hydrogens is 378 g/mol. The topological polar surface area (TPSA) is 94.4 Å². The van der Waals surface area contributed by atoms with E-state index in [0.717, 1.165) is 17.4 Å². The van der Waals surface area contributed by atoms with Crippen molar-refractivity contribution in [3.63, 3.8) is 0 Å². The monoisotopic (exact) mass is 389 g/mol. The van der Waals surface area contributed by atoms with Crippen molar-refractivity contribution in [2.45, 2.75) is 0 Å². The van der Waals surface area contributed by atoms with Crippen molar-refractivity contribution in [1.82, 2.24) is 4.98 Å². The van der Waals surface area contributed by atoms with Crippen LogP contribution in [0, 0.1) is 10.1 Å². The molecule has 1 amide bonds. The third-order valence-electron chi connectivity index (χ3n) is 3.51. The summed E-state index contributed by atoms with van der Waals surface area (Å²) < 4.78 is 5.11. The number of nitrogens with one attached hydrogen (secondary N) is 1. The van der Waals surface area contributed by atoms with Crippen LogP contribution in [-0.4, -0.2) is 22.9 Å². The fourth-order valence-corrected chi connectivity index (χ4v) is 3.12. The van der Waals surface area contributed by atoms with Gasteiger partial charge in [0.15, 0.2) is 5.13 Å². The zero-order valence-electron chi connectivity index (χ0n) is 13.4. The van der Waals surface area contributed by atoms with E-state index in [1.165, 1.54) is 23.5 Å². The van der Waals surface area contributed by atoms with Crippen molar-refractivity contribution in [3.8, 4) is 17.0 Å². The van der Waals surface area contributed by atoms with Gasteiger partial charge in [0, 0.05) is 22.0 Å². The first-order valence-corrected chi connectivity index (χ1v) is 8.59. The second-order valence-corrected chi connectivity index (χ2v) is 6.43. The molecule has 0 radical (unpaired) electrons. The minimum Gasteiger partial charge on any atom is -0.497 e. The van der Waals surface area contributed by atoms with Gasteiger partial charge in [0.1, 0.15) is 11.3 Å². The number of nitrogens with zero attached hydrogens (tertiary/aromatic N) is 2. The van der Waals surface area contributed by atoms with Crippen LogP contribution in [0.1, 0.15) is 10.4 Å². The molecule has 132 valence electrons. The number of aromatic nitrogens is 1. The number of methoxy groups -OCH3 is 1. The summed E-state index contributed by atoms with van der Waals surface area (Å²) in [6.07, 6.45) is 0. The predicted octanol–water partition coefficient (Wildman–Crippen LogP) is 4.63. The van der Waals surface area contributed by atoms with Crippen LogP contribution in [0.5, 0.6) is 5.75 Å². The molecule has 3 aromatic rings. The molecule has 0 atom stereocenters. The maximum atomic E-state index is 12.4. The molecule has 1 heterocycles.